The Bertz CT molecular complexity index is 83.1. The van der Waals surface area contributed by atoms with Crippen molar-refractivity contribution in [2.24, 2.45) is 0 Å². The molecule has 0 saturated carbocycles. The second-order valence-corrected chi connectivity index (χ2v) is 4.97. The van der Waals surface area contributed by atoms with Crippen molar-refractivity contribution in [1.29, 1.82) is 0 Å². The van der Waals surface area contributed by atoms with Crippen LogP contribution in [0, 0.1) is 0 Å². The van der Waals surface area contributed by atoms with Crippen molar-refractivity contribution in [2.45, 2.75) is 25.8 Å². The summed E-state index contributed by atoms with van der Waals surface area (Å²) in [4.78, 5) is 9.45. The van der Waals surface area contributed by atoms with Crippen LogP contribution in [0.25, 0.3) is 0 Å². The van der Waals surface area contributed by atoms with Crippen LogP contribution in [-0.2, 0) is 8.85 Å². The number of rotatable bonds is 5. The lowest BCUT2D eigenvalue weighted by molar-refractivity contribution is 0.150. The van der Waals surface area contributed by atoms with Crippen molar-refractivity contribution < 1.29 is 13.6 Å². The van der Waals surface area contributed by atoms with Crippen LogP contribution in [0.5, 0.6) is 0 Å². The van der Waals surface area contributed by atoms with Crippen LogP contribution >= 0.6 is 0 Å². The van der Waals surface area contributed by atoms with Crippen molar-refractivity contribution in [1.82, 2.24) is 0 Å². The van der Waals surface area contributed by atoms with Crippen molar-refractivity contribution in [2.75, 3.05) is 14.2 Å². The summed E-state index contributed by atoms with van der Waals surface area (Å²) in [7, 11) is 0.265. The summed E-state index contributed by atoms with van der Waals surface area (Å²) in [6, 6.07) is 0.663. The third kappa shape index (κ3) is 3.31. The van der Waals surface area contributed by atoms with E-state index in [9.17, 15) is 4.80 Å². The first-order valence-corrected chi connectivity index (χ1v) is 5.48. The molecule has 0 aliphatic carbocycles. The van der Waals surface area contributed by atoms with E-state index in [4.69, 9.17) is 8.85 Å². The molecule has 0 amide bonds. The molecule has 62 valence electrons. The van der Waals surface area contributed by atoms with Crippen molar-refractivity contribution in [3.8, 4) is 0 Å². The molecule has 10 heavy (non-hydrogen) atoms. The number of hydrogen-bond donors (Lipinski definition) is 1. The van der Waals surface area contributed by atoms with Crippen LogP contribution in [-0.4, -0.2) is 27.8 Å². The highest BCUT2D eigenvalue weighted by atomic mass is 28.4. The van der Waals surface area contributed by atoms with Gasteiger partial charge in [-0.2, -0.15) is 0 Å². The summed E-state index contributed by atoms with van der Waals surface area (Å²) >= 11 is 0. The third-order valence-electron chi connectivity index (χ3n) is 1.48. The SMILES string of the molecule is CCCC[Si](O)(OC)OC. The molecule has 0 fully saturated rings. The van der Waals surface area contributed by atoms with Gasteiger partial charge in [0.05, 0.1) is 0 Å². The molecule has 0 rings (SSSR count). The lowest BCUT2D eigenvalue weighted by Gasteiger charge is -2.18. The largest absolute Gasteiger partial charge is 0.497 e. The van der Waals surface area contributed by atoms with E-state index in [2.05, 4.69) is 6.92 Å². The lowest BCUT2D eigenvalue weighted by atomic mass is 10.4. The average molecular weight is 164 g/mol. The quantitative estimate of drug-likeness (QED) is 0.616. The molecule has 0 saturated heterocycles. The van der Waals surface area contributed by atoms with E-state index in [1.54, 1.807) is 0 Å². The maximum atomic E-state index is 9.45. The molecule has 0 aliphatic heterocycles. The molecule has 0 atom stereocenters. The molecule has 1 N–H and O–H groups in total. The first-order valence-electron chi connectivity index (χ1n) is 3.51. The van der Waals surface area contributed by atoms with Gasteiger partial charge in [0, 0.05) is 20.3 Å². The van der Waals surface area contributed by atoms with Gasteiger partial charge in [0.15, 0.2) is 0 Å². The molecular formula is C6H16O3Si. The zero-order valence-electron chi connectivity index (χ0n) is 6.89. The lowest BCUT2D eigenvalue weighted by Crippen LogP contribution is -2.39. The van der Waals surface area contributed by atoms with Gasteiger partial charge in [-0.3, -0.25) is 0 Å². The standard InChI is InChI=1S/C6H16O3Si/c1-4-5-6-10(7,8-2)9-3/h7H,4-6H2,1-3H3. The molecule has 4 heteroatoms. The van der Waals surface area contributed by atoms with Gasteiger partial charge in [-0.25, -0.2) is 0 Å². The number of unbranched alkanes of at least 4 members (excludes halogenated alkanes) is 1. The molecule has 0 heterocycles. The zero-order chi connectivity index (χ0) is 8.04. The summed E-state index contributed by atoms with van der Waals surface area (Å²) in [5.41, 5.74) is 0. The summed E-state index contributed by atoms with van der Waals surface area (Å²) in [6.45, 7) is 2.07. The van der Waals surface area contributed by atoms with Crippen LogP contribution in [0.15, 0.2) is 0 Å². The third-order valence-corrected chi connectivity index (χ3v) is 3.75. The van der Waals surface area contributed by atoms with Gasteiger partial charge >= 0.3 is 8.80 Å². The van der Waals surface area contributed by atoms with E-state index >= 15 is 0 Å². The Labute approximate surface area is 63.3 Å². The number of hydrogen-bond acceptors (Lipinski definition) is 3. The molecule has 3 nitrogen and oxygen atoms in total. The van der Waals surface area contributed by atoms with E-state index < -0.39 is 8.80 Å². The highest BCUT2D eigenvalue weighted by Gasteiger charge is 2.32. The molecule has 0 aromatic carbocycles. The highest BCUT2D eigenvalue weighted by molar-refractivity contribution is 6.59. The van der Waals surface area contributed by atoms with E-state index in [1.807, 2.05) is 0 Å². The Hall–Kier alpha value is 0.0969. The fourth-order valence-electron chi connectivity index (χ4n) is 0.688. The maximum absolute atomic E-state index is 9.45. The predicted octanol–water partition coefficient (Wildman–Crippen LogP) is 1.01. The molecule has 0 aromatic rings. The summed E-state index contributed by atoms with van der Waals surface area (Å²) in [5.74, 6) is 0. The van der Waals surface area contributed by atoms with Crippen LogP contribution in [0.1, 0.15) is 19.8 Å². The smallest absolute Gasteiger partial charge is 0.390 e. The topological polar surface area (TPSA) is 38.7 Å². The van der Waals surface area contributed by atoms with E-state index in [1.165, 1.54) is 14.2 Å². The molecule has 0 spiro atoms. The minimum atomic E-state index is -2.72. The molecular weight excluding hydrogens is 148 g/mol. The minimum Gasteiger partial charge on any atom is -0.390 e. The van der Waals surface area contributed by atoms with Crippen LogP contribution in [0.4, 0.5) is 0 Å². The molecule has 0 bridgehead atoms. The van der Waals surface area contributed by atoms with Gasteiger partial charge in [0.1, 0.15) is 0 Å². The fourth-order valence-corrected chi connectivity index (χ4v) is 2.06. The molecule has 0 aromatic heterocycles. The van der Waals surface area contributed by atoms with Gasteiger partial charge in [0.2, 0.25) is 0 Å². The van der Waals surface area contributed by atoms with Crippen LogP contribution in [0.2, 0.25) is 6.04 Å². The van der Waals surface area contributed by atoms with Gasteiger partial charge in [-0.1, -0.05) is 13.3 Å². The van der Waals surface area contributed by atoms with Crippen molar-refractivity contribution in [3.05, 3.63) is 0 Å². The summed E-state index contributed by atoms with van der Waals surface area (Å²) in [6.07, 6.45) is 2.02. The maximum Gasteiger partial charge on any atom is 0.497 e. The monoisotopic (exact) mass is 164 g/mol. The fraction of sp³-hybridized carbons (Fsp3) is 1.00. The first kappa shape index (κ1) is 10.1. The highest BCUT2D eigenvalue weighted by Crippen LogP contribution is 2.11. The van der Waals surface area contributed by atoms with E-state index in [-0.39, 0.29) is 0 Å². The second kappa shape index (κ2) is 4.84. The van der Waals surface area contributed by atoms with Crippen molar-refractivity contribution >= 4 is 8.80 Å². The van der Waals surface area contributed by atoms with Gasteiger partial charge in [-0.05, 0) is 6.42 Å². The van der Waals surface area contributed by atoms with E-state index in [0.29, 0.717) is 6.04 Å². The Kier molecular flexibility index (Phi) is 4.89. The second-order valence-electron chi connectivity index (χ2n) is 2.22. The first-order chi connectivity index (χ1) is 4.68. The Balaban J connectivity index is 3.58. The molecule has 0 radical (unpaired) electrons. The van der Waals surface area contributed by atoms with Gasteiger partial charge < -0.3 is 13.6 Å². The molecule has 0 aliphatic rings. The predicted molar refractivity (Wildman–Crippen MR) is 41.7 cm³/mol. The zero-order valence-corrected chi connectivity index (χ0v) is 7.89. The Morgan fingerprint density at radius 2 is 1.80 bits per heavy atom. The van der Waals surface area contributed by atoms with E-state index in [0.717, 1.165) is 12.8 Å². The Morgan fingerprint density at radius 3 is 2.10 bits per heavy atom. The van der Waals surface area contributed by atoms with Crippen molar-refractivity contribution in [3.63, 3.8) is 0 Å². The minimum absolute atomic E-state index is 0.663. The normalized spacial score (nSPS) is 12.0. The van der Waals surface area contributed by atoms with Crippen LogP contribution < -0.4 is 0 Å². The Morgan fingerprint density at radius 1 is 1.30 bits per heavy atom. The summed E-state index contributed by atoms with van der Waals surface area (Å²) in [5, 5.41) is 0. The van der Waals surface area contributed by atoms with Gasteiger partial charge in [-0.15, -0.1) is 0 Å². The summed E-state index contributed by atoms with van der Waals surface area (Å²) < 4.78 is 9.72. The average Bonchev–Trinajstić information content (AvgIpc) is 2.00. The molecule has 0 unspecified atom stereocenters. The van der Waals surface area contributed by atoms with Crippen LogP contribution in [0.3, 0.4) is 0 Å². The van der Waals surface area contributed by atoms with Gasteiger partial charge in [0.25, 0.3) is 0 Å².